The van der Waals surface area contributed by atoms with Gasteiger partial charge in [-0.1, -0.05) is 156 Å². The zero-order valence-electron chi connectivity index (χ0n) is 38.8. The van der Waals surface area contributed by atoms with Crippen LogP contribution in [0.1, 0.15) is 33.4 Å². The van der Waals surface area contributed by atoms with Crippen molar-refractivity contribution in [2.75, 3.05) is 0 Å². The number of aromatic nitrogens is 3. The van der Waals surface area contributed by atoms with Gasteiger partial charge in [-0.05, 0) is 128 Å². The van der Waals surface area contributed by atoms with Gasteiger partial charge in [0.2, 0.25) is 0 Å². The van der Waals surface area contributed by atoms with Crippen molar-refractivity contribution in [3.05, 3.63) is 234 Å². The number of hydrogen-bond donors (Lipinski definition) is 0. The first-order valence-electron chi connectivity index (χ1n) is 23.1. The molecule has 0 aliphatic carbocycles. The van der Waals surface area contributed by atoms with E-state index in [1.807, 2.05) is 84.9 Å². The van der Waals surface area contributed by atoms with Gasteiger partial charge in [0.25, 0.3) is 0 Å². The average Bonchev–Trinajstić information content (AvgIpc) is 3.70. The van der Waals surface area contributed by atoms with Crippen molar-refractivity contribution in [1.82, 2.24) is 14.5 Å². The molecule has 0 atom stereocenters. The van der Waals surface area contributed by atoms with Gasteiger partial charge in [-0.15, -0.1) is 0 Å². The third-order valence-electron chi connectivity index (χ3n) is 12.9. The third kappa shape index (κ3) is 8.14. The van der Waals surface area contributed by atoms with E-state index in [0.717, 1.165) is 89.0 Å². The van der Waals surface area contributed by atoms with Gasteiger partial charge in [0, 0.05) is 38.6 Å². The lowest BCUT2D eigenvalue weighted by atomic mass is 9.90. The maximum absolute atomic E-state index is 10.4. The lowest BCUT2D eigenvalue weighted by molar-refractivity contribution is 1.17. The standard InChI is InChI=1S/C64H45N5/c1-40-25-41(2)28-52(27-40)48-21-23-61-57(33-48)58-34-49(53-29-42(3)26-43(4)30-53)22-24-62(58)69(61)63-55(50-19-11-13-44(31-50)38-65)35-54(36-56(63)51-20-12-14-45(32-51)39-66)60-37-59(46-15-7-5-8-16-46)67-64(68-60)47-17-9-6-10-18-47/h5-37H,1-4H3. The fraction of sp³-hybridized carbons (Fsp3) is 0.0625. The molecule has 11 rings (SSSR count). The first kappa shape index (κ1) is 42.5. The quantitative estimate of drug-likeness (QED) is 0.152. The van der Waals surface area contributed by atoms with Crippen LogP contribution in [0.15, 0.2) is 200 Å². The van der Waals surface area contributed by atoms with Crippen LogP contribution in [0, 0.1) is 50.4 Å². The van der Waals surface area contributed by atoms with E-state index < -0.39 is 0 Å². The van der Waals surface area contributed by atoms with E-state index in [9.17, 15) is 10.5 Å². The van der Waals surface area contributed by atoms with Crippen LogP contribution >= 0.6 is 0 Å². The second-order valence-corrected chi connectivity index (χ2v) is 18.1. The first-order valence-corrected chi connectivity index (χ1v) is 23.1. The summed E-state index contributed by atoms with van der Waals surface area (Å²) in [4.78, 5) is 10.4. The summed E-state index contributed by atoms with van der Waals surface area (Å²) in [7, 11) is 0. The normalized spacial score (nSPS) is 11.2. The van der Waals surface area contributed by atoms with E-state index in [4.69, 9.17) is 9.97 Å². The van der Waals surface area contributed by atoms with Crippen LogP contribution in [0.3, 0.4) is 0 Å². The molecule has 11 aromatic rings. The van der Waals surface area contributed by atoms with Crippen molar-refractivity contribution in [3.63, 3.8) is 0 Å². The fourth-order valence-electron chi connectivity index (χ4n) is 9.95. The van der Waals surface area contributed by atoms with Crippen molar-refractivity contribution in [3.8, 4) is 96.2 Å². The number of benzene rings is 9. The molecule has 0 aliphatic heterocycles. The number of nitrogens with zero attached hydrogens (tertiary/aromatic N) is 5. The van der Waals surface area contributed by atoms with Gasteiger partial charge in [-0.2, -0.15) is 10.5 Å². The molecule has 0 amide bonds. The lowest BCUT2D eigenvalue weighted by Crippen LogP contribution is -2.03. The largest absolute Gasteiger partial charge is 0.308 e. The van der Waals surface area contributed by atoms with Gasteiger partial charge in [0.1, 0.15) is 0 Å². The number of rotatable bonds is 8. The molecule has 0 saturated heterocycles. The summed E-state index contributed by atoms with van der Waals surface area (Å²) in [5, 5.41) is 22.9. The Bertz CT molecular complexity index is 3620. The van der Waals surface area contributed by atoms with E-state index in [2.05, 4.69) is 160 Å². The van der Waals surface area contributed by atoms with Crippen LogP contribution in [-0.4, -0.2) is 14.5 Å². The smallest absolute Gasteiger partial charge is 0.160 e. The van der Waals surface area contributed by atoms with Crippen molar-refractivity contribution in [1.29, 1.82) is 10.5 Å². The Hall–Kier alpha value is -9.16. The molecule has 0 unspecified atom stereocenters. The Balaban J connectivity index is 1.27. The van der Waals surface area contributed by atoms with Gasteiger partial charge >= 0.3 is 0 Å². The molecule has 2 aromatic heterocycles. The molecule has 5 nitrogen and oxygen atoms in total. The van der Waals surface area contributed by atoms with Crippen LogP contribution < -0.4 is 0 Å². The zero-order valence-corrected chi connectivity index (χ0v) is 38.8. The third-order valence-corrected chi connectivity index (χ3v) is 12.9. The molecule has 5 heteroatoms. The fourth-order valence-corrected chi connectivity index (χ4v) is 9.95. The molecule has 2 heterocycles. The molecule has 0 saturated carbocycles. The van der Waals surface area contributed by atoms with E-state index in [1.165, 1.54) is 33.4 Å². The highest BCUT2D eigenvalue weighted by Crippen LogP contribution is 2.46. The SMILES string of the molecule is Cc1cc(C)cc(-c2ccc3c(c2)c2cc(-c4cc(C)cc(C)c4)ccc2n3-c2c(-c3cccc(C#N)c3)cc(-c3cc(-c4ccccc4)nc(-c4ccccc4)n3)cc2-c2cccc(C#N)c2)c1. The predicted molar refractivity (Wildman–Crippen MR) is 283 cm³/mol. The topological polar surface area (TPSA) is 78.3 Å². The highest BCUT2D eigenvalue weighted by atomic mass is 15.0. The number of nitriles is 2. The minimum Gasteiger partial charge on any atom is -0.308 e. The number of hydrogen-bond acceptors (Lipinski definition) is 4. The summed E-state index contributed by atoms with van der Waals surface area (Å²) in [6.45, 7) is 8.61. The Morgan fingerprint density at radius 3 is 1.25 bits per heavy atom. The minimum atomic E-state index is 0.551. The molecular weight excluding hydrogens is 839 g/mol. The highest BCUT2D eigenvalue weighted by Gasteiger charge is 2.24. The minimum absolute atomic E-state index is 0.551. The Labute approximate surface area is 402 Å². The molecular formula is C64H45N5. The van der Waals surface area contributed by atoms with Crippen molar-refractivity contribution >= 4 is 21.8 Å². The average molecular weight is 884 g/mol. The Morgan fingerprint density at radius 1 is 0.348 bits per heavy atom. The van der Waals surface area contributed by atoms with E-state index in [-0.39, 0.29) is 0 Å². The molecule has 9 aromatic carbocycles. The van der Waals surface area contributed by atoms with Crippen molar-refractivity contribution in [2.24, 2.45) is 0 Å². The molecule has 326 valence electrons. The second kappa shape index (κ2) is 17.6. The summed E-state index contributed by atoms with van der Waals surface area (Å²) in [5.74, 6) is 0.610. The van der Waals surface area contributed by atoms with Crippen LogP contribution in [0.2, 0.25) is 0 Å². The summed E-state index contributed by atoms with van der Waals surface area (Å²) >= 11 is 0. The van der Waals surface area contributed by atoms with Gasteiger partial charge in [-0.3, -0.25) is 0 Å². The lowest BCUT2D eigenvalue weighted by Gasteiger charge is -2.22. The Kier molecular flexibility index (Phi) is 10.8. The van der Waals surface area contributed by atoms with Crippen molar-refractivity contribution in [2.45, 2.75) is 27.7 Å². The van der Waals surface area contributed by atoms with Gasteiger partial charge in [-0.25, -0.2) is 9.97 Å². The summed E-state index contributed by atoms with van der Waals surface area (Å²) in [6.07, 6.45) is 0. The Morgan fingerprint density at radius 2 is 0.783 bits per heavy atom. The maximum Gasteiger partial charge on any atom is 0.160 e. The van der Waals surface area contributed by atoms with Crippen molar-refractivity contribution < 1.29 is 0 Å². The summed E-state index contributed by atoms with van der Waals surface area (Å²) < 4.78 is 2.39. The van der Waals surface area contributed by atoms with E-state index >= 15 is 0 Å². The molecule has 69 heavy (non-hydrogen) atoms. The van der Waals surface area contributed by atoms with Crippen LogP contribution in [0.25, 0.3) is 106 Å². The van der Waals surface area contributed by atoms with E-state index in [0.29, 0.717) is 17.0 Å². The summed E-state index contributed by atoms with van der Waals surface area (Å²) in [5.41, 5.74) is 21.4. The molecule has 0 N–H and O–H groups in total. The van der Waals surface area contributed by atoms with Crippen LogP contribution in [-0.2, 0) is 0 Å². The molecule has 0 radical (unpaired) electrons. The number of fused-ring (bicyclic) bond motifs is 3. The molecule has 0 aliphatic rings. The molecule has 0 fully saturated rings. The zero-order chi connectivity index (χ0) is 47.2. The van der Waals surface area contributed by atoms with Gasteiger partial charge < -0.3 is 4.57 Å². The number of aryl methyl sites for hydroxylation is 4. The van der Waals surface area contributed by atoms with Gasteiger partial charge in [0.15, 0.2) is 5.82 Å². The molecule has 0 spiro atoms. The summed E-state index contributed by atoms with van der Waals surface area (Å²) in [6, 6.07) is 74.3. The van der Waals surface area contributed by atoms with Crippen LogP contribution in [0.5, 0.6) is 0 Å². The maximum atomic E-state index is 10.4. The monoisotopic (exact) mass is 883 g/mol. The predicted octanol–water partition coefficient (Wildman–Crippen LogP) is 16.2. The molecule has 0 bridgehead atoms. The van der Waals surface area contributed by atoms with E-state index in [1.54, 1.807) is 0 Å². The van der Waals surface area contributed by atoms with Gasteiger partial charge in [0.05, 0.1) is 51.4 Å². The van der Waals surface area contributed by atoms with Crippen LogP contribution in [0.4, 0.5) is 0 Å². The first-order chi connectivity index (χ1) is 33.7. The highest BCUT2D eigenvalue weighted by molar-refractivity contribution is 6.13. The second-order valence-electron chi connectivity index (χ2n) is 18.1.